The number of alkyl halides is 4. The van der Waals surface area contributed by atoms with Crippen LogP contribution in [0.25, 0.3) is 0 Å². The molecule has 1 unspecified atom stereocenters. The maximum Gasteiger partial charge on any atom is 0.433 e. The summed E-state index contributed by atoms with van der Waals surface area (Å²) in [7, 11) is 0. The van der Waals surface area contributed by atoms with Crippen LogP contribution in [0.1, 0.15) is 48.0 Å². The number of aromatic nitrogens is 3. The third kappa shape index (κ3) is 7.20. The minimum atomic E-state index is -4.67. The smallest absolute Gasteiger partial charge is 0.433 e. The SMILES string of the molecule is Cc1ncc(C(O)(CCCl)COc2cccc(C(F)(F)F)n2)c(C2CCN(C(=O)Nc3c(F)cccc3F)CC2)n1. The lowest BCUT2D eigenvalue weighted by atomic mass is 9.84. The third-order valence-corrected chi connectivity index (χ3v) is 6.97. The Labute approximate surface area is 237 Å². The van der Waals surface area contributed by atoms with E-state index in [-0.39, 0.29) is 37.2 Å². The molecule has 1 aliphatic rings. The van der Waals surface area contributed by atoms with Crippen molar-refractivity contribution in [2.75, 3.05) is 30.9 Å². The van der Waals surface area contributed by atoms with Crippen molar-refractivity contribution in [1.29, 1.82) is 0 Å². The Bertz CT molecular complexity index is 1370. The van der Waals surface area contributed by atoms with Gasteiger partial charge in [-0.15, -0.1) is 11.6 Å². The van der Waals surface area contributed by atoms with E-state index in [1.807, 2.05) is 0 Å². The van der Waals surface area contributed by atoms with Crippen LogP contribution in [-0.2, 0) is 11.8 Å². The first kappa shape index (κ1) is 30.4. The molecule has 0 spiro atoms. The van der Waals surface area contributed by atoms with Crippen molar-refractivity contribution in [1.82, 2.24) is 19.9 Å². The number of amides is 2. The van der Waals surface area contributed by atoms with Gasteiger partial charge in [0, 0.05) is 42.7 Å². The van der Waals surface area contributed by atoms with Crippen molar-refractivity contribution in [2.24, 2.45) is 0 Å². The molecule has 220 valence electrons. The predicted molar refractivity (Wildman–Crippen MR) is 140 cm³/mol. The first-order chi connectivity index (χ1) is 19.4. The highest BCUT2D eigenvalue weighted by Crippen LogP contribution is 2.37. The normalized spacial score (nSPS) is 15.9. The molecule has 1 aliphatic heterocycles. The zero-order chi connectivity index (χ0) is 29.8. The predicted octanol–water partition coefficient (Wildman–Crippen LogP) is 5.78. The van der Waals surface area contributed by atoms with Crippen LogP contribution in [0.15, 0.2) is 42.6 Å². The van der Waals surface area contributed by atoms with Crippen LogP contribution in [0.3, 0.4) is 0 Å². The molecule has 14 heteroatoms. The number of carbonyl (C=O) groups is 1. The first-order valence-corrected chi connectivity index (χ1v) is 13.2. The van der Waals surface area contributed by atoms with E-state index in [0.29, 0.717) is 29.9 Å². The minimum Gasteiger partial charge on any atom is -0.474 e. The van der Waals surface area contributed by atoms with Crippen LogP contribution < -0.4 is 10.1 Å². The van der Waals surface area contributed by atoms with Crippen LogP contribution in [-0.4, -0.2) is 56.6 Å². The topological polar surface area (TPSA) is 100 Å². The number of para-hydroxylation sites is 1. The van der Waals surface area contributed by atoms with Crippen molar-refractivity contribution in [3.63, 3.8) is 0 Å². The second kappa shape index (κ2) is 12.5. The molecule has 1 fully saturated rings. The lowest BCUT2D eigenvalue weighted by molar-refractivity contribution is -0.141. The Morgan fingerprint density at radius 2 is 1.78 bits per heavy atom. The molecule has 0 radical (unpaired) electrons. The summed E-state index contributed by atoms with van der Waals surface area (Å²) in [5.41, 5.74) is -2.64. The first-order valence-electron chi connectivity index (χ1n) is 12.7. The molecule has 1 saturated heterocycles. The van der Waals surface area contributed by atoms with Crippen LogP contribution in [0.5, 0.6) is 5.88 Å². The lowest BCUT2D eigenvalue weighted by Crippen LogP contribution is -2.42. The van der Waals surface area contributed by atoms with E-state index >= 15 is 0 Å². The van der Waals surface area contributed by atoms with Crippen molar-refractivity contribution < 1.29 is 36.6 Å². The maximum atomic E-state index is 14.0. The molecule has 41 heavy (non-hydrogen) atoms. The van der Waals surface area contributed by atoms with Gasteiger partial charge in [-0.3, -0.25) is 0 Å². The number of aliphatic hydroxyl groups is 1. The summed E-state index contributed by atoms with van der Waals surface area (Å²) in [6.45, 7) is 1.66. The maximum absolute atomic E-state index is 14.0. The second-order valence-electron chi connectivity index (χ2n) is 9.62. The fourth-order valence-electron chi connectivity index (χ4n) is 4.60. The summed E-state index contributed by atoms with van der Waals surface area (Å²) >= 11 is 5.99. The number of pyridine rings is 1. The van der Waals surface area contributed by atoms with E-state index in [2.05, 4.69) is 20.3 Å². The molecule has 3 heterocycles. The summed E-state index contributed by atoms with van der Waals surface area (Å²) in [5, 5.41) is 13.9. The highest BCUT2D eigenvalue weighted by Gasteiger charge is 2.38. The quantitative estimate of drug-likeness (QED) is 0.251. The van der Waals surface area contributed by atoms with Gasteiger partial charge in [-0.05, 0) is 44.4 Å². The Kier molecular flexibility index (Phi) is 9.27. The number of carbonyl (C=O) groups excluding carboxylic acids is 1. The fraction of sp³-hybridized carbons (Fsp3) is 0.407. The van der Waals surface area contributed by atoms with Crippen LogP contribution in [0.2, 0.25) is 0 Å². The van der Waals surface area contributed by atoms with E-state index < -0.39 is 47.4 Å². The van der Waals surface area contributed by atoms with Gasteiger partial charge >= 0.3 is 12.2 Å². The molecule has 3 aromatic rings. The highest BCUT2D eigenvalue weighted by molar-refractivity contribution is 6.17. The fourth-order valence-corrected chi connectivity index (χ4v) is 4.92. The number of benzene rings is 1. The standard InChI is InChI=1S/C27H27ClF5N5O3/c1-16-34-14-18(26(40,10-11-28)15-41-22-7-3-6-21(36-22)27(31,32)33)23(35-16)17-8-12-38(13-9-17)25(39)37-24-19(29)4-2-5-20(24)30/h2-7,14,17,40H,8-13,15H2,1H3,(H,37,39). The number of nitrogens with zero attached hydrogens (tertiary/aromatic N) is 4. The van der Waals surface area contributed by atoms with Crippen molar-refractivity contribution >= 4 is 23.3 Å². The average Bonchev–Trinajstić information content (AvgIpc) is 2.94. The number of likely N-dealkylation sites (tertiary alicyclic amines) is 1. The lowest BCUT2D eigenvalue weighted by Gasteiger charge is -2.35. The molecule has 1 aromatic carbocycles. The van der Waals surface area contributed by atoms with Gasteiger partial charge in [0.15, 0.2) is 0 Å². The molecule has 0 aliphatic carbocycles. The third-order valence-electron chi connectivity index (χ3n) is 6.78. The van der Waals surface area contributed by atoms with Gasteiger partial charge < -0.3 is 20.1 Å². The minimum absolute atomic E-state index is 0.00554. The second-order valence-corrected chi connectivity index (χ2v) is 10.0. The number of aryl methyl sites for hydroxylation is 1. The monoisotopic (exact) mass is 599 g/mol. The van der Waals surface area contributed by atoms with Crippen LogP contribution in [0.4, 0.5) is 32.4 Å². The molecule has 0 saturated carbocycles. The van der Waals surface area contributed by atoms with E-state index in [1.165, 1.54) is 23.2 Å². The summed E-state index contributed by atoms with van der Waals surface area (Å²) < 4.78 is 72.7. The molecular formula is C27H27ClF5N5O3. The van der Waals surface area contributed by atoms with Gasteiger partial charge in [0.1, 0.15) is 41.0 Å². The molecule has 1 atom stereocenters. The summed E-state index contributed by atoms with van der Waals surface area (Å²) in [6.07, 6.45) is -2.44. The van der Waals surface area contributed by atoms with Crippen LogP contribution in [0, 0.1) is 18.6 Å². The van der Waals surface area contributed by atoms with E-state index in [0.717, 1.165) is 24.3 Å². The Morgan fingerprint density at radius 1 is 1.12 bits per heavy atom. The average molecular weight is 600 g/mol. The van der Waals surface area contributed by atoms with Crippen molar-refractivity contribution in [3.8, 4) is 5.88 Å². The number of rotatable bonds is 8. The number of hydrogen-bond acceptors (Lipinski definition) is 6. The number of halogens is 6. The number of piperidine rings is 1. The number of hydrogen-bond donors (Lipinski definition) is 2. The molecule has 0 bridgehead atoms. The van der Waals surface area contributed by atoms with Crippen molar-refractivity contribution in [2.45, 2.75) is 43.9 Å². The van der Waals surface area contributed by atoms with Gasteiger partial charge in [0.25, 0.3) is 0 Å². The van der Waals surface area contributed by atoms with Gasteiger partial charge in [-0.1, -0.05) is 12.1 Å². The van der Waals surface area contributed by atoms with Crippen LogP contribution >= 0.6 is 11.6 Å². The number of anilines is 1. The molecular weight excluding hydrogens is 573 g/mol. The zero-order valence-corrected chi connectivity index (χ0v) is 22.6. The van der Waals surface area contributed by atoms with E-state index in [9.17, 15) is 31.9 Å². The Morgan fingerprint density at radius 3 is 2.41 bits per heavy atom. The van der Waals surface area contributed by atoms with Gasteiger partial charge in [-0.2, -0.15) is 13.2 Å². The van der Waals surface area contributed by atoms with Gasteiger partial charge in [-0.25, -0.2) is 28.5 Å². The Hall–Kier alpha value is -3.58. The number of nitrogens with one attached hydrogen (secondary N) is 1. The zero-order valence-electron chi connectivity index (χ0n) is 21.9. The van der Waals surface area contributed by atoms with Crippen molar-refractivity contribution in [3.05, 3.63) is 77.0 Å². The van der Waals surface area contributed by atoms with Gasteiger partial charge in [0.2, 0.25) is 5.88 Å². The molecule has 4 rings (SSSR count). The number of urea groups is 1. The van der Waals surface area contributed by atoms with E-state index in [4.69, 9.17) is 16.3 Å². The van der Waals surface area contributed by atoms with Gasteiger partial charge in [0.05, 0.1) is 5.69 Å². The molecule has 2 amide bonds. The summed E-state index contributed by atoms with van der Waals surface area (Å²) in [5.74, 6) is -1.94. The molecule has 2 aromatic heterocycles. The largest absolute Gasteiger partial charge is 0.474 e. The summed E-state index contributed by atoms with van der Waals surface area (Å²) in [4.78, 5) is 26.4. The summed E-state index contributed by atoms with van der Waals surface area (Å²) in [6, 6.07) is 5.82. The van der Waals surface area contributed by atoms with E-state index in [1.54, 1.807) is 6.92 Å². The number of ether oxygens (including phenoxy) is 1. The molecule has 8 nitrogen and oxygen atoms in total. The molecule has 2 N–H and O–H groups in total. The Balaban J connectivity index is 1.51. The highest BCUT2D eigenvalue weighted by atomic mass is 35.5.